The molecule has 0 aromatic rings. The third kappa shape index (κ3) is 31.0. The van der Waals surface area contributed by atoms with Crippen molar-refractivity contribution in [2.24, 2.45) is 32.7 Å². The largest absolute Gasteiger partial charge is 0.409 e. The summed E-state index contributed by atoms with van der Waals surface area (Å²) in [5.41, 5.74) is 16.2. The van der Waals surface area contributed by atoms with Crippen LogP contribution in [0.5, 0.6) is 0 Å². The van der Waals surface area contributed by atoms with Gasteiger partial charge in [-0.3, -0.25) is 9.80 Å². The Bertz CT molecular complexity index is 850. The molecule has 0 aromatic carbocycles. The van der Waals surface area contributed by atoms with E-state index in [2.05, 4.69) is 26.4 Å². The molecule has 0 unspecified atom stereocenters. The molecular formula is C26H49N11O7. The molecule has 0 fully saturated rings. The standard InChI is InChI=1S/C13H29N7O5.C13H20N4O2/c14-11(17-21)1-4-20(5-9-24-7-2-12(15)18-22)6-10-25-8-3-13(16)19-23;14-4-1-7-17(8-12-18-10-2-5-15)9-13-19-11-3-6-16/h21-23H,1-10H2,(H2,14,17)(H2,15,18)(H2,16,19);1-3,7-13H2. The van der Waals surface area contributed by atoms with E-state index in [1.165, 1.54) is 0 Å². The number of nitrogens with two attached hydrogens (primary N) is 3. The Kier molecular flexibility index (Phi) is 32.1. The Hall–Kier alpha value is -3.96. The van der Waals surface area contributed by atoms with Crippen molar-refractivity contribution in [2.75, 3.05) is 92.1 Å². The first-order valence-electron chi connectivity index (χ1n) is 14.1. The molecule has 44 heavy (non-hydrogen) atoms. The van der Waals surface area contributed by atoms with Gasteiger partial charge in [0.25, 0.3) is 0 Å². The van der Waals surface area contributed by atoms with Gasteiger partial charge in [-0.2, -0.15) is 15.8 Å². The van der Waals surface area contributed by atoms with Crippen molar-refractivity contribution in [3.05, 3.63) is 0 Å². The van der Waals surface area contributed by atoms with Crippen LogP contribution < -0.4 is 17.2 Å². The molecule has 0 spiro atoms. The van der Waals surface area contributed by atoms with Gasteiger partial charge in [-0.25, -0.2) is 0 Å². The average Bonchev–Trinajstić information content (AvgIpc) is 3.04. The fraction of sp³-hybridized carbons (Fsp3) is 0.769. The first-order valence-corrected chi connectivity index (χ1v) is 14.1. The highest BCUT2D eigenvalue weighted by molar-refractivity contribution is 5.80. The van der Waals surface area contributed by atoms with Crippen molar-refractivity contribution >= 4 is 17.5 Å². The Morgan fingerprint density at radius 2 is 0.818 bits per heavy atom. The molecule has 0 aliphatic heterocycles. The van der Waals surface area contributed by atoms with Crippen molar-refractivity contribution in [1.82, 2.24) is 9.80 Å². The molecule has 0 saturated heterocycles. The van der Waals surface area contributed by atoms with Crippen molar-refractivity contribution < 1.29 is 34.6 Å². The summed E-state index contributed by atoms with van der Waals surface area (Å²) >= 11 is 0. The van der Waals surface area contributed by atoms with Gasteiger partial charge in [-0.05, 0) is 0 Å². The Morgan fingerprint density at radius 1 is 0.477 bits per heavy atom. The second kappa shape index (κ2) is 33.5. The predicted molar refractivity (Wildman–Crippen MR) is 161 cm³/mol. The lowest BCUT2D eigenvalue weighted by Crippen LogP contribution is -2.34. The van der Waals surface area contributed by atoms with Crippen LogP contribution in [-0.2, 0) is 18.9 Å². The van der Waals surface area contributed by atoms with Crippen LogP contribution in [0, 0.1) is 34.0 Å². The van der Waals surface area contributed by atoms with Crippen LogP contribution in [0.3, 0.4) is 0 Å². The Labute approximate surface area is 259 Å². The van der Waals surface area contributed by atoms with Crippen LogP contribution in [0.1, 0.15) is 38.5 Å². The molecule has 0 amide bonds. The maximum Gasteiger partial charge on any atom is 0.141 e. The van der Waals surface area contributed by atoms with Gasteiger partial charge in [-0.1, -0.05) is 15.5 Å². The van der Waals surface area contributed by atoms with Gasteiger partial charge in [-0.15, -0.1) is 0 Å². The molecule has 0 aromatic heterocycles. The fourth-order valence-corrected chi connectivity index (χ4v) is 3.07. The van der Waals surface area contributed by atoms with Crippen molar-refractivity contribution in [3.63, 3.8) is 0 Å². The van der Waals surface area contributed by atoms with Crippen LogP contribution >= 0.6 is 0 Å². The van der Waals surface area contributed by atoms with Crippen LogP contribution in [0.4, 0.5) is 0 Å². The number of amidine groups is 3. The highest BCUT2D eigenvalue weighted by Crippen LogP contribution is 1.96. The zero-order valence-electron chi connectivity index (χ0n) is 25.4. The summed E-state index contributed by atoms with van der Waals surface area (Å²) in [5, 5.41) is 59.4. The molecule has 18 nitrogen and oxygen atoms in total. The maximum absolute atomic E-state index is 8.60. The molecule has 9 N–H and O–H groups in total. The minimum Gasteiger partial charge on any atom is -0.409 e. The zero-order chi connectivity index (χ0) is 33.1. The van der Waals surface area contributed by atoms with Crippen LogP contribution in [0.25, 0.3) is 0 Å². The monoisotopic (exact) mass is 627 g/mol. The minimum absolute atomic E-state index is 0.114. The van der Waals surface area contributed by atoms with Gasteiger partial charge in [0.2, 0.25) is 0 Å². The van der Waals surface area contributed by atoms with Crippen LogP contribution in [-0.4, -0.2) is 135 Å². The van der Waals surface area contributed by atoms with Gasteiger partial charge in [0.15, 0.2) is 0 Å². The smallest absolute Gasteiger partial charge is 0.141 e. The SMILES string of the molecule is N#CCCOCCN(CCC#N)CCOCCC#N.N/C(CCOCCN(CCOCC/C(N)=N\O)CC/C(N)=N/O)=N\O. The van der Waals surface area contributed by atoms with E-state index in [1.807, 2.05) is 17.0 Å². The second-order valence-corrected chi connectivity index (χ2v) is 8.88. The van der Waals surface area contributed by atoms with Crippen molar-refractivity contribution in [3.8, 4) is 18.2 Å². The second-order valence-electron chi connectivity index (χ2n) is 8.88. The summed E-state index contributed by atoms with van der Waals surface area (Å²) in [4.78, 5) is 4.12. The van der Waals surface area contributed by atoms with Gasteiger partial charge < -0.3 is 51.8 Å². The molecule has 0 aliphatic rings. The van der Waals surface area contributed by atoms with E-state index in [9.17, 15) is 0 Å². The van der Waals surface area contributed by atoms with E-state index in [-0.39, 0.29) is 17.5 Å². The number of hydrogen-bond acceptors (Lipinski definition) is 15. The van der Waals surface area contributed by atoms with Crippen molar-refractivity contribution in [1.29, 1.82) is 15.8 Å². The first kappa shape index (κ1) is 42.2. The van der Waals surface area contributed by atoms with Gasteiger partial charge >= 0.3 is 0 Å². The molecule has 0 radical (unpaired) electrons. The Balaban J connectivity index is 0. The quantitative estimate of drug-likeness (QED) is 0.0226. The minimum atomic E-state index is 0.114. The number of nitrogens with zero attached hydrogens (tertiary/aromatic N) is 8. The van der Waals surface area contributed by atoms with E-state index in [1.54, 1.807) is 0 Å². The molecule has 0 heterocycles. The number of ether oxygens (including phenoxy) is 4. The zero-order valence-corrected chi connectivity index (χ0v) is 25.4. The molecule has 0 saturated carbocycles. The summed E-state index contributed by atoms with van der Waals surface area (Å²) in [6.07, 6.45) is 2.36. The van der Waals surface area contributed by atoms with E-state index < -0.39 is 0 Å². The lowest BCUT2D eigenvalue weighted by atomic mass is 10.3. The topological polar surface area (TPSA) is 291 Å². The van der Waals surface area contributed by atoms with E-state index in [0.717, 1.165) is 0 Å². The fourth-order valence-electron chi connectivity index (χ4n) is 3.07. The number of hydrogen-bond donors (Lipinski definition) is 6. The first-order chi connectivity index (χ1) is 21.4. The third-order valence-corrected chi connectivity index (χ3v) is 5.54. The molecular weight excluding hydrogens is 578 g/mol. The molecule has 0 aliphatic carbocycles. The molecule has 250 valence electrons. The lowest BCUT2D eigenvalue weighted by molar-refractivity contribution is 0.0787. The van der Waals surface area contributed by atoms with E-state index in [0.29, 0.717) is 131 Å². The van der Waals surface area contributed by atoms with Gasteiger partial charge in [0, 0.05) is 65.0 Å². The average molecular weight is 628 g/mol. The maximum atomic E-state index is 8.60. The predicted octanol–water partition coefficient (Wildman–Crippen LogP) is -0.206. The van der Waals surface area contributed by atoms with Crippen LogP contribution in [0.2, 0.25) is 0 Å². The Morgan fingerprint density at radius 3 is 1.18 bits per heavy atom. The summed E-state index contributed by atoms with van der Waals surface area (Å²) in [6.45, 7) is 7.47. The summed E-state index contributed by atoms with van der Waals surface area (Å²) < 4.78 is 21.4. The molecule has 18 heteroatoms. The third-order valence-electron chi connectivity index (χ3n) is 5.54. The molecule has 0 atom stereocenters. The number of rotatable bonds is 27. The number of oxime groups is 3. The highest BCUT2D eigenvalue weighted by atomic mass is 16.5. The number of nitriles is 3. The van der Waals surface area contributed by atoms with Gasteiger partial charge in [0.1, 0.15) is 17.5 Å². The molecule has 0 rings (SSSR count). The van der Waals surface area contributed by atoms with E-state index in [4.69, 9.17) is 67.6 Å². The summed E-state index contributed by atoms with van der Waals surface area (Å²) in [5.74, 6) is 0.372. The lowest BCUT2D eigenvalue weighted by Gasteiger charge is -2.22. The normalized spacial score (nSPS) is 11.9. The van der Waals surface area contributed by atoms with Gasteiger partial charge in [0.05, 0.1) is 83.9 Å². The van der Waals surface area contributed by atoms with Crippen LogP contribution in [0.15, 0.2) is 15.5 Å². The van der Waals surface area contributed by atoms with E-state index >= 15 is 0 Å². The summed E-state index contributed by atoms with van der Waals surface area (Å²) in [6, 6.07) is 6.14. The van der Waals surface area contributed by atoms with Crippen molar-refractivity contribution in [2.45, 2.75) is 38.5 Å². The highest BCUT2D eigenvalue weighted by Gasteiger charge is 2.08. The molecule has 0 bridgehead atoms. The summed E-state index contributed by atoms with van der Waals surface area (Å²) in [7, 11) is 0.